The van der Waals surface area contributed by atoms with Crippen LogP contribution in [0.15, 0.2) is 24.4 Å². The van der Waals surface area contributed by atoms with E-state index in [1.165, 1.54) is 19.3 Å². The summed E-state index contributed by atoms with van der Waals surface area (Å²) >= 11 is 0. The molecule has 22 heavy (non-hydrogen) atoms. The van der Waals surface area contributed by atoms with Crippen molar-refractivity contribution in [2.75, 3.05) is 26.8 Å². The van der Waals surface area contributed by atoms with Crippen LogP contribution in [0.25, 0.3) is 0 Å². The molecule has 1 aromatic heterocycles. The fourth-order valence-corrected chi connectivity index (χ4v) is 3.80. The van der Waals surface area contributed by atoms with E-state index in [-0.39, 0.29) is 5.79 Å². The second-order valence-corrected chi connectivity index (χ2v) is 6.65. The molecule has 4 nitrogen and oxygen atoms in total. The third kappa shape index (κ3) is 3.34. The van der Waals surface area contributed by atoms with Crippen molar-refractivity contribution < 1.29 is 9.47 Å². The van der Waals surface area contributed by atoms with Crippen LogP contribution < -0.4 is 0 Å². The van der Waals surface area contributed by atoms with E-state index >= 15 is 0 Å². The molecule has 0 unspecified atom stereocenters. The van der Waals surface area contributed by atoms with Crippen LogP contribution in [0, 0.1) is 5.92 Å². The quantitative estimate of drug-likeness (QED) is 0.835. The van der Waals surface area contributed by atoms with Crippen molar-refractivity contribution in [1.29, 1.82) is 0 Å². The summed E-state index contributed by atoms with van der Waals surface area (Å²) in [6.07, 6.45) is 7.84. The van der Waals surface area contributed by atoms with Crippen molar-refractivity contribution in [3.63, 3.8) is 0 Å². The molecule has 1 saturated heterocycles. The van der Waals surface area contributed by atoms with Crippen LogP contribution in [0.5, 0.6) is 0 Å². The number of hydrogen-bond acceptors (Lipinski definition) is 4. The molecule has 0 N–H and O–H groups in total. The topological polar surface area (TPSA) is 34.6 Å². The molecule has 0 amide bonds. The van der Waals surface area contributed by atoms with Crippen molar-refractivity contribution >= 4 is 0 Å². The first kappa shape index (κ1) is 15.9. The molecule has 0 aromatic carbocycles. The third-order valence-electron chi connectivity index (χ3n) is 5.33. The lowest BCUT2D eigenvalue weighted by Crippen LogP contribution is -2.43. The van der Waals surface area contributed by atoms with E-state index < -0.39 is 0 Å². The summed E-state index contributed by atoms with van der Waals surface area (Å²) < 4.78 is 12.0. The van der Waals surface area contributed by atoms with Crippen molar-refractivity contribution in [2.24, 2.45) is 5.92 Å². The summed E-state index contributed by atoms with van der Waals surface area (Å²) in [7, 11) is 2.19. The summed E-state index contributed by atoms with van der Waals surface area (Å²) in [6, 6.07) is 6.47. The Morgan fingerprint density at radius 2 is 2.14 bits per heavy atom. The fourth-order valence-electron chi connectivity index (χ4n) is 3.80. The zero-order valence-electron chi connectivity index (χ0n) is 13.8. The Bertz CT molecular complexity index is 459. The first-order valence-corrected chi connectivity index (χ1v) is 8.60. The summed E-state index contributed by atoms with van der Waals surface area (Å²) in [6.45, 7) is 4.80. The smallest absolute Gasteiger partial charge is 0.171 e. The molecule has 2 atom stereocenters. The first-order chi connectivity index (χ1) is 10.7. The van der Waals surface area contributed by atoms with E-state index in [1.54, 1.807) is 0 Å². The average molecular weight is 304 g/mol. The molecular formula is C18H28N2O2. The Morgan fingerprint density at radius 3 is 2.86 bits per heavy atom. The van der Waals surface area contributed by atoms with Gasteiger partial charge in [0.1, 0.15) is 0 Å². The van der Waals surface area contributed by atoms with E-state index in [0.29, 0.717) is 12.0 Å². The van der Waals surface area contributed by atoms with Gasteiger partial charge in [-0.3, -0.25) is 9.88 Å². The van der Waals surface area contributed by atoms with Gasteiger partial charge in [-0.05, 0) is 51.9 Å². The van der Waals surface area contributed by atoms with Gasteiger partial charge in [0.25, 0.3) is 0 Å². The molecule has 0 bridgehead atoms. The summed E-state index contributed by atoms with van der Waals surface area (Å²) in [5.74, 6) is 0.259. The van der Waals surface area contributed by atoms with Crippen LogP contribution in [0.4, 0.5) is 0 Å². The van der Waals surface area contributed by atoms with E-state index in [4.69, 9.17) is 9.47 Å². The summed E-state index contributed by atoms with van der Waals surface area (Å²) in [5, 5.41) is 0. The highest BCUT2D eigenvalue weighted by Gasteiger charge is 2.45. The highest BCUT2D eigenvalue weighted by Crippen LogP contribution is 2.42. The number of ether oxygens (including phenoxy) is 2. The molecular weight excluding hydrogens is 276 g/mol. The molecule has 1 aliphatic carbocycles. The Kier molecular flexibility index (Phi) is 5.11. The highest BCUT2D eigenvalue weighted by molar-refractivity contribution is 5.07. The van der Waals surface area contributed by atoms with Crippen LogP contribution in [0.1, 0.15) is 50.8 Å². The van der Waals surface area contributed by atoms with Gasteiger partial charge in [-0.15, -0.1) is 0 Å². The van der Waals surface area contributed by atoms with Gasteiger partial charge in [-0.1, -0.05) is 12.5 Å². The molecule has 3 rings (SSSR count). The molecule has 1 saturated carbocycles. The van der Waals surface area contributed by atoms with Gasteiger partial charge in [-0.25, -0.2) is 0 Å². The number of nitrogens with zero attached hydrogens (tertiary/aromatic N) is 2. The van der Waals surface area contributed by atoms with Crippen LogP contribution in [-0.4, -0.2) is 42.5 Å². The number of rotatable bonds is 5. The highest BCUT2D eigenvalue weighted by atomic mass is 16.7. The van der Waals surface area contributed by atoms with Gasteiger partial charge in [0.15, 0.2) is 5.79 Å². The predicted octanol–water partition coefficient (Wildman–Crippen LogP) is 3.40. The zero-order chi connectivity index (χ0) is 15.4. The molecule has 2 heterocycles. The number of hydrogen-bond donors (Lipinski definition) is 0. The van der Waals surface area contributed by atoms with E-state index in [1.807, 2.05) is 12.3 Å². The molecule has 1 aromatic rings. The minimum Gasteiger partial charge on any atom is -0.347 e. The van der Waals surface area contributed by atoms with E-state index in [9.17, 15) is 0 Å². The second-order valence-electron chi connectivity index (χ2n) is 6.65. The van der Waals surface area contributed by atoms with Crippen LogP contribution in [0.2, 0.25) is 0 Å². The van der Waals surface area contributed by atoms with Gasteiger partial charge in [0.05, 0.1) is 18.9 Å². The lowest BCUT2D eigenvalue weighted by molar-refractivity contribution is -0.214. The minimum atomic E-state index is -0.271. The van der Waals surface area contributed by atoms with Gasteiger partial charge in [0, 0.05) is 24.6 Å². The molecule has 4 heteroatoms. The van der Waals surface area contributed by atoms with Crippen molar-refractivity contribution in [3.8, 4) is 0 Å². The maximum absolute atomic E-state index is 6.02. The molecule has 1 aliphatic heterocycles. The lowest BCUT2D eigenvalue weighted by Gasteiger charge is -2.40. The fraction of sp³-hybridized carbons (Fsp3) is 0.722. The Hall–Kier alpha value is -0.970. The molecule has 0 radical (unpaired) electrons. The SMILES string of the molecule is C[C@@H](c1ccccn1)N(C)CC[C@@H]1CCCCC12OCCO2. The summed E-state index contributed by atoms with van der Waals surface area (Å²) in [5.41, 5.74) is 1.14. The third-order valence-corrected chi connectivity index (χ3v) is 5.33. The summed E-state index contributed by atoms with van der Waals surface area (Å²) in [4.78, 5) is 6.86. The normalized spacial score (nSPS) is 25.7. The molecule has 1 spiro atoms. The predicted molar refractivity (Wildman–Crippen MR) is 86.5 cm³/mol. The molecule has 2 aliphatic rings. The maximum Gasteiger partial charge on any atom is 0.171 e. The Balaban J connectivity index is 1.56. The average Bonchev–Trinajstić information content (AvgIpc) is 3.03. The van der Waals surface area contributed by atoms with Crippen LogP contribution >= 0.6 is 0 Å². The first-order valence-electron chi connectivity index (χ1n) is 8.60. The van der Waals surface area contributed by atoms with Gasteiger partial charge in [0.2, 0.25) is 0 Å². The van der Waals surface area contributed by atoms with Crippen LogP contribution in [0.3, 0.4) is 0 Å². The number of pyridine rings is 1. The number of aromatic nitrogens is 1. The van der Waals surface area contributed by atoms with Gasteiger partial charge in [-0.2, -0.15) is 0 Å². The molecule has 122 valence electrons. The van der Waals surface area contributed by atoms with Crippen molar-refractivity contribution in [3.05, 3.63) is 30.1 Å². The Morgan fingerprint density at radius 1 is 1.32 bits per heavy atom. The Labute approximate surface area is 133 Å². The minimum absolute atomic E-state index is 0.271. The van der Waals surface area contributed by atoms with Crippen LogP contribution in [-0.2, 0) is 9.47 Å². The largest absolute Gasteiger partial charge is 0.347 e. The standard InChI is InChI=1S/C18H28N2O2/c1-15(17-8-4-6-11-19-17)20(2)12-9-16-7-3-5-10-18(16)21-13-14-22-18/h4,6,8,11,15-16H,3,5,7,9-10,12-14H2,1-2H3/t15-,16-/m0/s1. The molecule has 2 fully saturated rings. The van der Waals surface area contributed by atoms with Gasteiger partial charge >= 0.3 is 0 Å². The maximum atomic E-state index is 6.02. The zero-order valence-corrected chi connectivity index (χ0v) is 13.8. The monoisotopic (exact) mass is 304 g/mol. The van der Waals surface area contributed by atoms with E-state index in [2.05, 4.69) is 36.0 Å². The van der Waals surface area contributed by atoms with Gasteiger partial charge < -0.3 is 9.47 Å². The second kappa shape index (κ2) is 7.07. The van der Waals surface area contributed by atoms with Crippen molar-refractivity contribution in [1.82, 2.24) is 9.88 Å². The van der Waals surface area contributed by atoms with Crippen molar-refractivity contribution in [2.45, 2.75) is 50.9 Å². The van der Waals surface area contributed by atoms with E-state index in [0.717, 1.165) is 38.3 Å². The lowest BCUT2D eigenvalue weighted by atomic mass is 9.81.